The van der Waals surface area contributed by atoms with Gasteiger partial charge in [0.1, 0.15) is 11.5 Å². The molecule has 1 N–H and O–H groups in total. The van der Waals surface area contributed by atoms with Crippen LogP contribution in [-0.4, -0.2) is 35.8 Å². The summed E-state index contributed by atoms with van der Waals surface area (Å²) < 4.78 is 2.06. The van der Waals surface area contributed by atoms with Crippen molar-refractivity contribution in [2.24, 2.45) is 5.10 Å². The lowest BCUT2D eigenvalue weighted by atomic mass is 10.2. The van der Waals surface area contributed by atoms with E-state index in [4.69, 9.17) is 0 Å². The van der Waals surface area contributed by atoms with E-state index < -0.39 is 0 Å². The highest BCUT2D eigenvalue weighted by molar-refractivity contribution is 5.93. The molecular weight excluding hydrogens is 290 g/mol. The number of aryl methyl sites for hydroxylation is 2. The first-order valence-electron chi connectivity index (χ1n) is 7.80. The van der Waals surface area contributed by atoms with Crippen molar-refractivity contribution in [2.45, 2.75) is 25.8 Å². The number of hydrogen-bond donors (Lipinski definition) is 1. The maximum absolute atomic E-state index is 12.1. The van der Waals surface area contributed by atoms with E-state index in [0.717, 1.165) is 42.9 Å². The van der Waals surface area contributed by atoms with E-state index in [9.17, 15) is 4.79 Å². The minimum atomic E-state index is -0.270. The topological polar surface area (TPSA) is 62.5 Å². The molecule has 0 saturated heterocycles. The molecule has 1 amide bonds. The van der Waals surface area contributed by atoms with Gasteiger partial charge in [-0.15, -0.1) is 0 Å². The van der Waals surface area contributed by atoms with Crippen LogP contribution in [0.1, 0.15) is 34.7 Å². The molecule has 3 rings (SSSR count). The lowest BCUT2D eigenvalue weighted by Crippen LogP contribution is -2.18. The second-order valence-corrected chi connectivity index (χ2v) is 5.88. The highest BCUT2D eigenvalue weighted by Gasteiger charge is 2.16. The molecule has 0 aliphatic carbocycles. The number of imidazole rings is 1. The van der Waals surface area contributed by atoms with Crippen molar-refractivity contribution in [1.82, 2.24) is 15.0 Å². The Balaban J connectivity index is 1.61. The summed E-state index contributed by atoms with van der Waals surface area (Å²) >= 11 is 0. The number of hydrogen-bond acceptors (Lipinski definition) is 4. The first-order chi connectivity index (χ1) is 11.1. The highest BCUT2D eigenvalue weighted by Crippen LogP contribution is 2.14. The number of benzene rings is 1. The van der Waals surface area contributed by atoms with Crippen LogP contribution in [-0.2, 0) is 13.0 Å². The zero-order valence-corrected chi connectivity index (χ0v) is 13.5. The molecular formula is C17H21N5O. The molecule has 6 nitrogen and oxygen atoms in total. The van der Waals surface area contributed by atoms with Crippen LogP contribution in [0.25, 0.3) is 0 Å². The fourth-order valence-electron chi connectivity index (χ4n) is 2.60. The summed E-state index contributed by atoms with van der Waals surface area (Å²) in [7, 11) is 3.99. The first-order valence-corrected chi connectivity index (χ1v) is 7.80. The molecule has 1 aromatic heterocycles. The van der Waals surface area contributed by atoms with Crippen molar-refractivity contribution < 1.29 is 4.79 Å². The number of amides is 1. The van der Waals surface area contributed by atoms with Crippen LogP contribution < -0.4 is 10.3 Å². The van der Waals surface area contributed by atoms with Gasteiger partial charge in [0.05, 0.1) is 6.21 Å². The Morgan fingerprint density at radius 2 is 2.09 bits per heavy atom. The third-order valence-electron chi connectivity index (χ3n) is 3.93. The molecule has 1 aliphatic heterocycles. The monoisotopic (exact) mass is 311 g/mol. The van der Waals surface area contributed by atoms with Crippen LogP contribution in [0.4, 0.5) is 5.69 Å². The summed E-state index contributed by atoms with van der Waals surface area (Å²) in [5.74, 6) is 0.720. The average Bonchev–Trinajstić information content (AvgIpc) is 2.99. The van der Waals surface area contributed by atoms with Crippen molar-refractivity contribution in [3.05, 3.63) is 47.5 Å². The van der Waals surface area contributed by atoms with Crippen molar-refractivity contribution in [2.75, 3.05) is 19.0 Å². The van der Waals surface area contributed by atoms with Gasteiger partial charge in [-0.25, -0.2) is 10.4 Å². The molecule has 23 heavy (non-hydrogen) atoms. The van der Waals surface area contributed by atoms with E-state index in [2.05, 4.69) is 20.1 Å². The summed E-state index contributed by atoms with van der Waals surface area (Å²) in [5.41, 5.74) is 5.02. The Morgan fingerprint density at radius 3 is 2.78 bits per heavy atom. The van der Waals surface area contributed by atoms with Gasteiger partial charge in [-0.2, -0.15) is 5.10 Å². The Hall–Kier alpha value is -2.63. The molecule has 0 atom stereocenters. The average molecular weight is 311 g/mol. The molecule has 2 heterocycles. The van der Waals surface area contributed by atoms with Gasteiger partial charge >= 0.3 is 0 Å². The number of rotatable bonds is 4. The van der Waals surface area contributed by atoms with Crippen LogP contribution in [0.15, 0.2) is 35.6 Å². The van der Waals surface area contributed by atoms with E-state index in [0.29, 0.717) is 5.69 Å². The van der Waals surface area contributed by atoms with E-state index in [-0.39, 0.29) is 5.91 Å². The lowest BCUT2D eigenvalue weighted by molar-refractivity contribution is 0.0950. The van der Waals surface area contributed by atoms with E-state index in [1.54, 1.807) is 6.21 Å². The Bertz CT molecular complexity index is 692. The lowest BCUT2D eigenvalue weighted by Gasteiger charge is -2.11. The van der Waals surface area contributed by atoms with Gasteiger partial charge in [0, 0.05) is 38.9 Å². The molecule has 0 saturated carbocycles. The second kappa shape index (κ2) is 6.64. The van der Waals surface area contributed by atoms with Gasteiger partial charge < -0.3 is 9.47 Å². The summed E-state index contributed by atoms with van der Waals surface area (Å²) in [4.78, 5) is 18.5. The SMILES string of the molecule is CN(C)c1ccc(/C=N\NC(=O)c2cn3c(n2)CCCC3)cc1. The largest absolute Gasteiger partial charge is 0.378 e. The number of anilines is 1. The standard InChI is InChI=1S/C17H21N5O/c1-21(2)14-8-6-13(7-9-14)11-18-20-17(23)15-12-22-10-4-3-5-16(22)19-15/h6-9,11-12H,3-5,10H2,1-2H3,(H,20,23)/b18-11-. The van der Waals surface area contributed by atoms with Gasteiger partial charge in [0.25, 0.3) is 5.91 Å². The molecule has 0 spiro atoms. The maximum atomic E-state index is 12.1. The molecule has 0 fully saturated rings. The third kappa shape index (κ3) is 3.59. The van der Waals surface area contributed by atoms with Gasteiger partial charge in [0.15, 0.2) is 0 Å². The normalized spacial score (nSPS) is 13.8. The summed E-state index contributed by atoms with van der Waals surface area (Å²) in [6.07, 6.45) is 6.66. The number of nitrogens with one attached hydrogen (secondary N) is 1. The zero-order valence-electron chi connectivity index (χ0n) is 13.5. The minimum Gasteiger partial charge on any atom is -0.378 e. The van der Waals surface area contributed by atoms with E-state index >= 15 is 0 Å². The summed E-state index contributed by atoms with van der Waals surface area (Å²) in [6, 6.07) is 7.93. The van der Waals surface area contributed by atoms with Gasteiger partial charge in [-0.05, 0) is 30.5 Å². The molecule has 0 bridgehead atoms. The number of carbonyl (C=O) groups is 1. The van der Waals surface area contributed by atoms with E-state index in [1.807, 2.05) is 49.5 Å². The maximum Gasteiger partial charge on any atom is 0.291 e. The van der Waals surface area contributed by atoms with Crippen LogP contribution in [0.2, 0.25) is 0 Å². The summed E-state index contributed by atoms with van der Waals surface area (Å²) in [6.45, 7) is 0.942. The van der Waals surface area contributed by atoms with Crippen molar-refractivity contribution in [3.63, 3.8) is 0 Å². The Kier molecular flexibility index (Phi) is 4.41. The second-order valence-electron chi connectivity index (χ2n) is 5.88. The quantitative estimate of drug-likeness (QED) is 0.694. The molecule has 1 aromatic carbocycles. The van der Waals surface area contributed by atoms with Crippen LogP contribution in [0.3, 0.4) is 0 Å². The highest BCUT2D eigenvalue weighted by atomic mass is 16.2. The van der Waals surface area contributed by atoms with Crippen LogP contribution >= 0.6 is 0 Å². The van der Waals surface area contributed by atoms with Crippen molar-refractivity contribution >= 4 is 17.8 Å². The predicted molar refractivity (Wildman–Crippen MR) is 91.0 cm³/mol. The number of carbonyl (C=O) groups excluding carboxylic acids is 1. The predicted octanol–water partition coefficient (Wildman–Crippen LogP) is 2.05. The Labute approximate surface area is 135 Å². The van der Waals surface area contributed by atoms with Crippen molar-refractivity contribution in [3.8, 4) is 0 Å². The fraction of sp³-hybridized carbons (Fsp3) is 0.353. The van der Waals surface area contributed by atoms with Gasteiger partial charge in [-0.1, -0.05) is 12.1 Å². The molecule has 2 aromatic rings. The van der Waals surface area contributed by atoms with Crippen LogP contribution in [0.5, 0.6) is 0 Å². The molecule has 0 radical (unpaired) electrons. The smallest absolute Gasteiger partial charge is 0.291 e. The molecule has 0 unspecified atom stereocenters. The Morgan fingerprint density at radius 1 is 1.30 bits per heavy atom. The summed E-state index contributed by atoms with van der Waals surface area (Å²) in [5, 5.41) is 4.01. The number of fused-ring (bicyclic) bond motifs is 1. The molecule has 1 aliphatic rings. The van der Waals surface area contributed by atoms with E-state index in [1.165, 1.54) is 0 Å². The third-order valence-corrected chi connectivity index (χ3v) is 3.93. The number of nitrogens with zero attached hydrogens (tertiary/aromatic N) is 4. The zero-order chi connectivity index (χ0) is 16.2. The minimum absolute atomic E-state index is 0.270. The fourth-order valence-corrected chi connectivity index (χ4v) is 2.60. The van der Waals surface area contributed by atoms with Crippen LogP contribution in [0, 0.1) is 0 Å². The first kappa shape index (κ1) is 15.3. The molecule has 6 heteroatoms. The number of aromatic nitrogens is 2. The molecule has 120 valence electrons. The van der Waals surface area contributed by atoms with Gasteiger partial charge in [0.2, 0.25) is 0 Å². The van der Waals surface area contributed by atoms with Crippen molar-refractivity contribution in [1.29, 1.82) is 0 Å². The number of hydrazone groups is 1. The van der Waals surface area contributed by atoms with Gasteiger partial charge in [-0.3, -0.25) is 4.79 Å².